The Morgan fingerprint density at radius 3 is 2.43 bits per heavy atom. The number of amides is 2. The molecular formula is C22H22N2O4. The largest absolute Gasteiger partial charge is 0.465 e. The van der Waals surface area contributed by atoms with Gasteiger partial charge < -0.3 is 15.0 Å². The summed E-state index contributed by atoms with van der Waals surface area (Å²) in [5.41, 5.74) is 3.12. The quantitative estimate of drug-likeness (QED) is 0.619. The summed E-state index contributed by atoms with van der Waals surface area (Å²) in [4.78, 5) is 37.0. The first-order chi connectivity index (χ1) is 13.6. The fourth-order valence-electron chi connectivity index (χ4n) is 2.98. The fraction of sp³-hybridized carbons (Fsp3) is 0.227. The number of anilines is 1. The minimum Gasteiger partial charge on any atom is -0.465 e. The van der Waals surface area contributed by atoms with Crippen LogP contribution in [0.1, 0.15) is 34.3 Å². The number of rotatable bonds is 6. The van der Waals surface area contributed by atoms with Crippen LogP contribution in [0.2, 0.25) is 0 Å². The molecule has 6 heteroatoms. The van der Waals surface area contributed by atoms with Crippen LogP contribution in [-0.2, 0) is 20.9 Å². The first kappa shape index (κ1) is 19.4. The van der Waals surface area contributed by atoms with Crippen LogP contribution >= 0.6 is 0 Å². The molecule has 0 radical (unpaired) electrons. The predicted molar refractivity (Wildman–Crippen MR) is 107 cm³/mol. The van der Waals surface area contributed by atoms with Crippen molar-refractivity contribution in [2.24, 2.45) is 0 Å². The van der Waals surface area contributed by atoms with Crippen LogP contribution in [0.25, 0.3) is 6.08 Å². The van der Waals surface area contributed by atoms with Crippen molar-refractivity contribution in [3.63, 3.8) is 0 Å². The molecule has 0 bridgehead atoms. The van der Waals surface area contributed by atoms with Gasteiger partial charge in [-0.05, 0) is 47.9 Å². The summed E-state index contributed by atoms with van der Waals surface area (Å²) in [6, 6.07) is 14.4. The van der Waals surface area contributed by atoms with Crippen molar-refractivity contribution in [3.8, 4) is 0 Å². The zero-order valence-electron chi connectivity index (χ0n) is 15.7. The maximum absolute atomic E-state index is 12.0. The van der Waals surface area contributed by atoms with Crippen molar-refractivity contribution in [1.29, 1.82) is 0 Å². The van der Waals surface area contributed by atoms with Crippen molar-refractivity contribution >= 4 is 29.5 Å². The molecule has 28 heavy (non-hydrogen) atoms. The molecule has 2 aromatic rings. The minimum atomic E-state index is -0.395. The van der Waals surface area contributed by atoms with E-state index in [0.29, 0.717) is 18.5 Å². The summed E-state index contributed by atoms with van der Waals surface area (Å²) in [6.07, 6.45) is 4.63. The standard InChI is InChI=1S/C22H22N2O4/c1-28-22(27)18-9-4-16(5-10-18)8-13-20(25)23-15-17-6-11-19(12-7-17)24-14-2-3-21(24)26/h4-13H,2-3,14-15H2,1H3,(H,23,25)/b13-8+. The summed E-state index contributed by atoms with van der Waals surface area (Å²) < 4.78 is 4.65. The van der Waals surface area contributed by atoms with E-state index in [1.807, 2.05) is 24.3 Å². The number of carbonyl (C=O) groups is 3. The van der Waals surface area contributed by atoms with E-state index in [0.717, 1.165) is 29.8 Å². The molecule has 0 unspecified atom stereocenters. The van der Waals surface area contributed by atoms with Gasteiger partial charge in [-0.3, -0.25) is 9.59 Å². The molecule has 1 fully saturated rings. The topological polar surface area (TPSA) is 75.7 Å². The van der Waals surface area contributed by atoms with Gasteiger partial charge in [0.05, 0.1) is 12.7 Å². The van der Waals surface area contributed by atoms with E-state index in [1.165, 1.54) is 13.2 Å². The second kappa shape index (κ2) is 8.99. The Morgan fingerprint density at radius 1 is 1.11 bits per heavy atom. The van der Waals surface area contributed by atoms with Crippen LogP contribution < -0.4 is 10.2 Å². The van der Waals surface area contributed by atoms with Gasteiger partial charge in [0.15, 0.2) is 0 Å². The Hall–Kier alpha value is -3.41. The van der Waals surface area contributed by atoms with Crippen LogP contribution in [0.4, 0.5) is 5.69 Å². The van der Waals surface area contributed by atoms with Crippen molar-refractivity contribution < 1.29 is 19.1 Å². The van der Waals surface area contributed by atoms with Gasteiger partial charge >= 0.3 is 5.97 Å². The lowest BCUT2D eigenvalue weighted by molar-refractivity contribution is -0.117. The Kier molecular flexibility index (Phi) is 6.22. The van der Waals surface area contributed by atoms with E-state index < -0.39 is 5.97 Å². The lowest BCUT2D eigenvalue weighted by Crippen LogP contribution is -2.23. The third-order valence-electron chi connectivity index (χ3n) is 4.55. The predicted octanol–water partition coefficient (Wildman–Crippen LogP) is 2.93. The normalized spacial score (nSPS) is 13.8. The van der Waals surface area contributed by atoms with Gasteiger partial charge in [-0.15, -0.1) is 0 Å². The maximum atomic E-state index is 12.0. The van der Waals surface area contributed by atoms with Crippen LogP contribution in [0.15, 0.2) is 54.6 Å². The third-order valence-corrected chi connectivity index (χ3v) is 4.55. The van der Waals surface area contributed by atoms with Crippen LogP contribution in [0.3, 0.4) is 0 Å². The number of methoxy groups -OCH3 is 1. The molecule has 1 aliphatic heterocycles. The number of ether oxygens (including phenoxy) is 1. The van der Waals surface area contributed by atoms with Gasteiger partial charge in [0.1, 0.15) is 0 Å². The van der Waals surface area contributed by atoms with Crippen LogP contribution in [-0.4, -0.2) is 31.4 Å². The smallest absolute Gasteiger partial charge is 0.337 e. The highest BCUT2D eigenvalue weighted by Crippen LogP contribution is 2.21. The first-order valence-electron chi connectivity index (χ1n) is 9.10. The van der Waals surface area contributed by atoms with Gasteiger partial charge in [-0.1, -0.05) is 24.3 Å². The maximum Gasteiger partial charge on any atom is 0.337 e. The number of benzene rings is 2. The second-order valence-electron chi connectivity index (χ2n) is 6.48. The monoisotopic (exact) mass is 378 g/mol. The Balaban J connectivity index is 1.50. The highest BCUT2D eigenvalue weighted by molar-refractivity contribution is 5.95. The minimum absolute atomic E-state index is 0.158. The SMILES string of the molecule is COC(=O)c1ccc(/C=C/C(=O)NCc2ccc(N3CCCC3=O)cc2)cc1. The Morgan fingerprint density at radius 2 is 1.82 bits per heavy atom. The van der Waals surface area contributed by atoms with E-state index in [-0.39, 0.29) is 11.8 Å². The molecule has 0 saturated carbocycles. The van der Waals surface area contributed by atoms with Crippen LogP contribution in [0.5, 0.6) is 0 Å². The van der Waals surface area contributed by atoms with Gasteiger partial charge in [-0.25, -0.2) is 4.79 Å². The van der Waals surface area contributed by atoms with E-state index in [2.05, 4.69) is 10.1 Å². The van der Waals surface area contributed by atoms with Gasteiger partial charge in [0.25, 0.3) is 0 Å². The molecule has 1 heterocycles. The summed E-state index contributed by atoms with van der Waals surface area (Å²) in [5.74, 6) is -0.449. The molecule has 0 atom stereocenters. The number of nitrogens with zero attached hydrogens (tertiary/aromatic N) is 1. The molecule has 0 aliphatic carbocycles. The van der Waals surface area contributed by atoms with Gasteiger partial charge in [-0.2, -0.15) is 0 Å². The molecular weight excluding hydrogens is 356 g/mol. The summed E-state index contributed by atoms with van der Waals surface area (Å²) >= 11 is 0. The summed E-state index contributed by atoms with van der Waals surface area (Å²) in [7, 11) is 1.33. The first-order valence-corrected chi connectivity index (χ1v) is 9.10. The lowest BCUT2D eigenvalue weighted by Gasteiger charge is -2.15. The zero-order valence-corrected chi connectivity index (χ0v) is 15.7. The average molecular weight is 378 g/mol. The molecule has 0 spiro atoms. The molecule has 2 amide bonds. The lowest BCUT2D eigenvalue weighted by atomic mass is 10.1. The van der Waals surface area contributed by atoms with E-state index >= 15 is 0 Å². The average Bonchev–Trinajstić information content (AvgIpc) is 3.16. The van der Waals surface area contributed by atoms with E-state index in [9.17, 15) is 14.4 Å². The molecule has 1 saturated heterocycles. The number of hydrogen-bond donors (Lipinski definition) is 1. The van der Waals surface area contributed by atoms with Gasteiger partial charge in [0, 0.05) is 31.3 Å². The molecule has 6 nitrogen and oxygen atoms in total. The molecule has 2 aromatic carbocycles. The fourth-order valence-corrected chi connectivity index (χ4v) is 2.98. The van der Waals surface area contributed by atoms with Crippen molar-refractivity contribution in [2.45, 2.75) is 19.4 Å². The summed E-state index contributed by atoms with van der Waals surface area (Å²) in [5, 5.41) is 2.83. The van der Waals surface area contributed by atoms with Crippen molar-refractivity contribution in [3.05, 3.63) is 71.3 Å². The summed E-state index contributed by atoms with van der Waals surface area (Å²) in [6.45, 7) is 1.17. The number of nitrogens with one attached hydrogen (secondary N) is 1. The molecule has 1 aliphatic rings. The number of hydrogen-bond acceptors (Lipinski definition) is 4. The number of carbonyl (C=O) groups excluding carboxylic acids is 3. The van der Waals surface area contributed by atoms with E-state index in [1.54, 1.807) is 35.2 Å². The number of esters is 1. The van der Waals surface area contributed by atoms with Crippen LogP contribution in [0, 0.1) is 0 Å². The highest BCUT2D eigenvalue weighted by atomic mass is 16.5. The highest BCUT2D eigenvalue weighted by Gasteiger charge is 2.21. The molecule has 0 aromatic heterocycles. The Bertz CT molecular complexity index is 886. The van der Waals surface area contributed by atoms with Gasteiger partial charge in [0.2, 0.25) is 11.8 Å². The molecule has 1 N–H and O–H groups in total. The molecule has 3 rings (SSSR count). The van der Waals surface area contributed by atoms with E-state index in [4.69, 9.17) is 0 Å². The second-order valence-corrected chi connectivity index (χ2v) is 6.48. The van der Waals surface area contributed by atoms with Crippen molar-refractivity contribution in [1.82, 2.24) is 5.32 Å². The van der Waals surface area contributed by atoms with Crippen molar-refractivity contribution in [2.75, 3.05) is 18.6 Å². The zero-order chi connectivity index (χ0) is 19.9. The molecule has 144 valence electrons. The third kappa shape index (κ3) is 4.85. The Labute approximate surface area is 163 Å².